The fraction of sp³-hybridized carbons (Fsp3) is 0.500. The molecule has 116 valence electrons. The van der Waals surface area contributed by atoms with Gasteiger partial charge < -0.3 is 15.8 Å². The maximum Gasteiger partial charge on any atom is 0.573 e. The predicted molar refractivity (Wildman–Crippen MR) is 70.8 cm³/mol. The number of nitrogens with two attached hydrogens (primary N) is 1. The fourth-order valence-electron chi connectivity index (χ4n) is 2.40. The van der Waals surface area contributed by atoms with Crippen LogP contribution in [0.3, 0.4) is 0 Å². The van der Waals surface area contributed by atoms with Gasteiger partial charge in [-0.15, -0.1) is 13.2 Å². The molecule has 0 aliphatic heterocycles. The molecule has 1 fully saturated rings. The standard InChI is InChI=1S/C14H17F3N2O2/c15-14(16,17)21-10-7-5-9(6-8-10)13(20)19-12-4-2-1-3-11(12)18/h5-8,11-12H,1-4,18H2,(H,19,20)/t11-,12-/m1/s1. The zero-order chi connectivity index (χ0) is 15.5. The highest BCUT2D eigenvalue weighted by Crippen LogP contribution is 2.23. The summed E-state index contributed by atoms with van der Waals surface area (Å²) >= 11 is 0. The van der Waals surface area contributed by atoms with Crippen LogP contribution in [0.2, 0.25) is 0 Å². The fourth-order valence-corrected chi connectivity index (χ4v) is 2.40. The van der Waals surface area contributed by atoms with E-state index in [-0.39, 0.29) is 29.3 Å². The van der Waals surface area contributed by atoms with Crippen molar-refractivity contribution in [3.8, 4) is 5.75 Å². The number of halogens is 3. The third-order valence-corrected chi connectivity index (χ3v) is 3.49. The first-order chi connectivity index (χ1) is 9.85. The first kappa shape index (κ1) is 15.6. The van der Waals surface area contributed by atoms with Crippen LogP contribution in [0.1, 0.15) is 36.0 Å². The van der Waals surface area contributed by atoms with Crippen LogP contribution in [0.5, 0.6) is 5.75 Å². The number of carbonyl (C=O) groups excluding carboxylic acids is 1. The number of hydrogen-bond donors (Lipinski definition) is 2. The largest absolute Gasteiger partial charge is 0.573 e. The number of nitrogens with one attached hydrogen (secondary N) is 1. The van der Waals surface area contributed by atoms with Crippen molar-refractivity contribution in [1.82, 2.24) is 5.32 Å². The molecule has 21 heavy (non-hydrogen) atoms. The zero-order valence-corrected chi connectivity index (χ0v) is 11.3. The molecule has 1 aliphatic rings. The lowest BCUT2D eigenvalue weighted by Gasteiger charge is -2.29. The van der Waals surface area contributed by atoms with Crippen LogP contribution in [0.4, 0.5) is 13.2 Å². The molecule has 1 aliphatic carbocycles. The number of alkyl halides is 3. The van der Waals surface area contributed by atoms with Gasteiger partial charge in [-0.3, -0.25) is 4.79 Å². The van der Waals surface area contributed by atoms with E-state index in [0.717, 1.165) is 37.8 Å². The Balaban J connectivity index is 1.96. The number of benzene rings is 1. The predicted octanol–water partition coefficient (Wildman–Crippen LogP) is 2.58. The number of rotatable bonds is 3. The lowest BCUT2D eigenvalue weighted by atomic mass is 9.91. The summed E-state index contributed by atoms with van der Waals surface area (Å²) < 4.78 is 39.9. The lowest BCUT2D eigenvalue weighted by molar-refractivity contribution is -0.274. The molecule has 0 unspecified atom stereocenters. The normalized spacial score (nSPS) is 22.7. The molecule has 0 spiro atoms. The molecule has 0 radical (unpaired) electrons. The van der Waals surface area contributed by atoms with Gasteiger partial charge in [-0.1, -0.05) is 12.8 Å². The minimum absolute atomic E-state index is 0.0736. The van der Waals surface area contributed by atoms with Crippen molar-refractivity contribution in [2.75, 3.05) is 0 Å². The van der Waals surface area contributed by atoms with Crippen LogP contribution in [0, 0.1) is 0 Å². The topological polar surface area (TPSA) is 64.3 Å². The molecule has 2 rings (SSSR count). The van der Waals surface area contributed by atoms with Crippen molar-refractivity contribution in [2.45, 2.75) is 44.1 Å². The summed E-state index contributed by atoms with van der Waals surface area (Å²) in [5.41, 5.74) is 6.22. The van der Waals surface area contributed by atoms with Gasteiger partial charge >= 0.3 is 6.36 Å². The number of hydrogen-bond acceptors (Lipinski definition) is 3. The Morgan fingerprint density at radius 2 is 1.81 bits per heavy atom. The highest BCUT2D eigenvalue weighted by molar-refractivity contribution is 5.94. The second-order valence-electron chi connectivity index (χ2n) is 5.10. The van der Waals surface area contributed by atoms with Crippen molar-refractivity contribution >= 4 is 5.91 Å². The van der Waals surface area contributed by atoms with Crippen LogP contribution in [0.25, 0.3) is 0 Å². The summed E-state index contributed by atoms with van der Waals surface area (Å²) in [7, 11) is 0. The Morgan fingerprint density at radius 3 is 2.38 bits per heavy atom. The smallest absolute Gasteiger partial charge is 0.406 e. The summed E-state index contributed by atoms with van der Waals surface area (Å²) in [6, 6.07) is 4.66. The van der Waals surface area contributed by atoms with Crippen LogP contribution in [-0.4, -0.2) is 24.4 Å². The molecule has 0 bridgehead atoms. The summed E-state index contributed by atoms with van der Waals surface area (Å²) in [6.07, 6.45) is -0.988. The Kier molecular flexibility index (Phi) is 4.72. The molecule has 2 atom stereocenters. The summed E-state index contributed by atoms with van der Waals surface area (Å²) in [5, 5.41) is 2.83. The summed E-state index contributed by atoms with van der Waals surface area (Å²) in [4.78, 5) is 12.0. The number of ether oxygens (including phenoxy) is 1. The zero-order valence-electron chi connectivity index (χ0n) is 11.3. The van der Waals surface area contributed by atoms with E-state index in [1.54, 1.807) is 0 Å². The van der Waals surface area contributed by atoms with E-state index in [9.17, 15) is 18.0 Å². The van der Waals surface area contributed by atoms with Gasteiger partial charge in [0.15, 0.2) is 0 Å². The van der Waals surface area contributed by atoms with E-state index >= 15 is 0 Å². The van der Waals surface area contributed by atoms with E-state index < -0.39 is 6.36 Å². The molecule has 1 aromatic carbocycles. The van der Waals surface area contributed by atoms with Gasteiger partial charge in [0.1, 0.15) is 5.75 Å². The maximum absolute atomic E-state index is 12.0. The molecular formula is C14H17F3N2O2. The molecule has 1 saturated carbocycles. The summed E-state index contributed by atoms with van der Waals surface area (Å²) in [5.74, 6) is -0.690. The molecule has 3 N–H and O–H groups in total. The number of carbonyl (C=O) groups is 1. The van der Waals surface area contributed by atoms with Gasteiger partial charge in [0.05, 0.1) is 0 Å². The van der Waals surface area contributed by atoms with Crippen molar-refractivity contribution in [3.63, 3.8) is 0 Å². The molecular weight excluding hydrogens is 285 g/mol. The third-order valence-electron chi connectivity index (χ3n) is 3.49. The molecule has 1 amide bonds. The molecule has 0 saturated heterocycles. The van der Waals surface area contributed by atoms with Crippen LogP contribution < -0.4 is 15.8 Å². The third kappa shape index (κ3) is 4.63. The molecule has 7 heteroatoms. The van der Waals surface area contributed by atoms with E-state index in [4.69, 9.17) is 5.73 Å². The van der Waals surface area contributed by atoms with Gasteiger partial charge in [0.2, 0.25) is 0 Å². The van der Waals surface area contributed by atoms with Crippen LogP contribution in [-0.2, 0) is 0 Å². The second kappa shape index (κ2) is 6.34. The Labute approximate surface area is 120 Å². The summed E-state index contributed by atoms with van der Waals surface area (Å²) in [6.45, 7) is 0. The van der Waals surface area contributed by atoms with Gasteiger partial charge in [0, 0.05) is 17.6 Å². The van der Waals surface area contributed by atoms with Crippen molar-refractivity contribution in [1.29, 1.82) is 0 Å². The first-order valence-corrected chi connectivity index (χ1v) is 6.77. The maximum atomic E-state index is 12.0. The van der Waals surface area contributed by atoms with Crippen molar-refractivity contribution in [3.05, 3.63) is 29.8 Å². The highest BCUT2D eigenvalue weighted by Gasteiger charge is 2.31. The average molecular weight is 302 g/mol. The molecule has 4 nitrogen and oxygen atoms in total. The van der Waals surface area contributed by atoms with Gasteiger partial charge in [0.25, 0.3) is 5.91 Å². The Hall–Kier alpha value is -1.76. The second-order valence-corrected chi connectivity index (χ2v) is 5.10. The van der Waals surface area contributed by atoms with E-state index in [1.165, 1.54) is 12.1 Å². The van der Waals surface area contributed by atoms with Gasteiger partial charge in [-0.05, 0) is 37.1 Å². The van der Waals surface area contributed by atoms with Gasteiger partial charge in [-0.2, -0.15) is 0 Å². The van der Waals surface area contributed by atoms with E-state index in [2.05, 4.69) is 10.1 Å². The van der Waals surface area contributed by atoms with Crippen molar-refractivity contribution in [2.24, 2.45) is 5.73 Å². The SMILES string of the molecule is N[C@@H]1CCCC[C@H]1NC(=O)c1ccc(OC(F)(F)F)cc1. The van der Waals surface area contributed by atoms with Gasteiger partial charge in [-0.25, -0.2) is 0 Å². The monoisotopic (exact) mass is 302 g/mol. The number of amides is 1. The van der Waals surface area contributed by atoms with Crippen LogP contribution in [0.15, 0.2) is 24.3 Å². The molecule has 1 aromatic rings. The Morgan fingerprint density at radius 1 is 1.19 bits per heavy atom. The van der Waals surface area contributed by atoms with E-state index in [0.29, 0.717) is 0 Å². The highest BCUT2D eigenvalue weighted by atomic mass is 19.4. The minimum Gasteiger partial charge on any atom is -0.406 e. The molecule has 0 heterocycles. The minimum atomic E-state index is -4.74. The van der Waals surface area contributed by atoms with E-state index in [1.807, 2.05) is 0 Å². The van der Waals surface area contributed by atoms with Crippen LogP contribution >= 0.6 is 0 Å². The quantitative estimate of drug-likeness (QED) is 0.902. The molecule has 0 aromatic heterocycles. The average Bonchev–Trinajstić information content (AvgIpc) is 2.40. The van der Waals surface area contributed by atoms with Crippen molar-refractivity contribution < 1.29 is 22.7 Å². The lowest BCUT2D eigenvalue weighted by Crippen LogP contribution is -2.49. The first-order valence-electron chi connectivity index (χ1n) is 6.77. The Bertz CT molecular complexity index is 488.